The Hall–Kier alpha value is -3.39. The van der Waals surface area contributed by atoms with Crippen LogP contribution in [0.3, 0.4) is 0 Å². The van der Waals surface area contributed by atoms with Gasteiger partial charge in [0.1, 0.15) is 30.9 Å². The Balaban J connectivity index is 1.91. The summed E-state index contributed by atoms with van der Waals surface area (Å²) < 4.78 is 16.1. The summed E-state index contributed by atoms with van der Waals surface area (Å²) >= 11 is 0. The quantitative estimate of drug-likeness (QED) is 0.345. The summed E-state index contributed by atoms with van der Waals surface area (Å²) in [6, 6.07) is 17.3. The Kier molecular flexibility index (Phi) is 11.2. The van der Waals surface area contributed by atoms with Crippen LogP contribution in [0.4, 0.5) is 4.79 Å². The largest absolute Gasteiger partial charge is 0.460 e. The van der Waals surface area contributed by atoms with E-state index in [0.29, 0.717) is 12.8 Å². The maximum absolute atomic E-state index is 12.8. The predicted octanol–water partition coefficient (Wildman–Crippen LogP) is 4.12. The van der Waals surface area contributed by atoms with E-state index in [1.165, 1.54) is 0 Å². The maximum Gasteiger partial charge on any atom is 0.408 e. The molecule has 0 aliphatic carbocycles. The molecule has 0 saturated carbocycles. The van der Waals surface area contributed by atoms with Gasteiger partial charge in [0.25, 0.3) is 0 Å². The number of carbonyl (C=O) groups is 3. The Morgan fingerprint density at radius 1 is 0.771 bits per heavy atom. The summed E-state index contributed by atoms with van der Waals surface area (Å²) in [5, 5.41) is 5.56. The summed E-state index contributed by atoms with van der Waals surface area (Å²) in [6.07, 6.45) is 0.457. The van der Waals surface area contributed by atoms with Crippen molar-refractivity contribution in [1.82, 2.24) is 10.6 Å². The van der Waals surface area contributed by atoms with Crippen LogP contribution in [0.5, 0.6) is 0 Å². The van der Waals surface area contributed by atoms with Crippen molar-refractivity contribution in [3.63, 3.8) is 0 Å². The van der Waals surface area contributed by atoms with E-state index < -0.39 is 29.7 Å². The molecule has 8 nitrogen and oxygen atoms in total. The first kappa shape index (κ1) is 27.9. The third-order valence-corrected chi connectivity index (χ3v) is 5.04. The fourth-order valence-corrected chi connectivity index (χ4v) is 3.26. The second kappa shape index (κ2) is 14.1. The van der Waals surface area contributed by atoms with Crippen molar-refractivity contribution in [3.05, 3.63) is 71.8 Å². The number of carbonyl (C=O) groups excluding carboxylic acids is 3. The highest BCUT2D eigenvalue weighted by Gasteiger charge is 2.26. The summed E-state index contributed by atoms with van der Waals surface area (Å²) in [6.45, 7) is 5.51. The number of rotatable bonds is 12. The van der Waals surface area contributed by atoms with Gasteiger partial charge in [-0.3, -0.25) is 4.79 Å². The van der Waals surface area contributed by atoms with Crippen LogP contribution in [0.15, 0.2) is 60.7 Å². The lowest BCUT2D eigenvalue weighted by Crippen LogP contribution is -2.44. The van der Waals surface area contributed by atoms with Gasteiger partial charge in [0.05, 0.1) is 0 Å². The van der Waals surface area contributed by atoms with Crippen LogP contribution in [-0.4, -0.2) is 42.8 Å². The molecule has 35 heavy (non-hydrogen) atoms. The molecule has 0 saturated heterocycles. The summed E-state index contributed by atoms with van der Waals surface area (Å²) in [5.74, 6) is -0.938. The van der Waals surface area contributed by atoms with Crippen LogP contribution >= 0.6 is 0 Å². The SMILES string of the molecule is CNC(CCCC(NC(=O)OC(C)(C)C)C(=O)OCc1ccccc1)C(=O)OCc1ccccc1. The number of likely N-dealkylation sites (N-methyl/N-ethyl adjacent to an activating group) is 1. The standard InChI is InChI=1S/C27H36N2O6/c1-27(2,3)35-26(32)29-23(25(31)34-19-21-14-9-6-10-15-21)17-11-16-22(28-4)24(30)33-18-20-12-7-5-8-13-20/h5-10,12-15,22-23,28H,11,16-19H2,1-4H3,(H,29,32). The van der Waals surface area contributed by atoms with Crippen molar-refractivity contribution in [2.24, 2.45) is 0 Å². The molecule has 2 unspecified atom stereocenters. The number of alkyl carbamates (subject to hydrolysis) is 1. The zero-order valence-corrected chi connectivity index (χ0v) is 20.9. The zero-order chi connectivity index (χ0) is 25.7. The number of hydrogen-bond acceptors (Lipinski definition) is 7. The van der Waals surface area contributed by atoms with Crippen LogP contribution in [0.2, 0.25) is 0 Å². The van der Waals surface area contributed by atoms with Crippen LogP contribution in [0.25, 0.3) is 0 Å². The Bertz CT molecular complexity index is 928. The minimum atomic E-state index is -0.911. The lowest BCUT2D eigenvalue weighted by Gasteiger charge is -2.23. The second-order valence-electron chi connectivity index (χ2n) is 9.16. The minimum absolute atomic E-state index is 0.0944. The first-order chi connectivity index (χ1) is 16.7. The summed E-state index contributed by atoms with van der Waals surface area (Å²) in [7, 11) is 1.68. The number of ether oxygens (including phenoxy) is 3. The normalized spacial score (nSPS) is 12.8. The summed E-state index contributed by atoms with van der Waals surface area (Å²) in [5.41, 5.74) is 1.04. The molecule has 0 heterocycles. The Morgan fingerprint density at radius 3 is 1.69 bits per heavy atom. The highest BCUT2D eigenvalue weighted by Crippen LogP contribution is 2.12. The molecule has 8 heteroatoms. The van der Waals surface area contributed by atoms with Crippen molar-refractivity contribution in [2.75, 3.05) is 7.05 Å². The number of benzene rings is 2. The number of nitrogens with one attached hydrogen (secondary N) is 2. The maximum atomic E-state index is 12.8. The second-order valence-corrected chi connectivity index (χ2v) is 9.16. The lowest BCUT2D eigenvalue weighted by atomic mass is 10.1. The molecule has 0 aliphatic heterocycles. The molecule has 0 radical (unpaired) electrons. The predicted molar refractivity (Wildman–Crippen MR) is 132 cm³/mol. The molecule has 0 bridgehead atoms. The van der Waals surface area contributed by atoms with Gasteiger partial charge < -0.3 is 24.8 Å². The van der Waals surface area contributed by atoms with Gasteiger partial charge in [-0.25, -0.2) is 9.59 Å². The van der Waals surface area contributed by atoms with Gasteiger partial charge in [0.15, 0.2) is 0 Å². The van der Waals surface area contributed by atoms with E-state index in [4.69, 9.17) is 14.2 Å². The van der Waals surface area contributed by atoms with E-state index in [0.717, 1.165) is 11.1 Å². The van der Waals surface area contributed by atoms with Gasteiger partial charge in [-0.2, -0.15) is 0 Å². The smallest absolute Gasteiger partial charge is 0.408 e. The first-order valence-electron chi connectivity index (χ1n) is 11.8. The fourth-order valence-electron chi connectivity index (χ4n) is 3.26. The molecular weight excluding hydrogens is 448 g/mol. The molecule has 2 aromatic rings. The molecule has 2 rings (SSSR count). The van der Waals surface area contributed by atoms with Crippen LogP contribution in [0, 0.1) is 0 Å². The Morgan fingerprint density at radius 2 is 1.23 bits per heavy atom. The number of esters is 2. The van der Waals surface area contributed by atoms with E-state index in [1.54, 1.807) is 27.8 Å². The van der Waals surface area contributed by atoms with Crippen molar-refractivity contribution in [1.29, 1.82) is 0 Å². The van der Waals surface area contributed by atoms with Crippen LogP contribution < -0.4 is 10.6 Å². The number of hydrogen-bond donors (Lipinski definition) is 2. The van der Waals surface area contributed by atoms with Crippen LogP contribution in [0.1, 0.15) is 51.2 Å². The average molecular weight is 485 g/mol. The van der Waals surface area contributed by atoms with E-state index >= 15 is 0 Å². The van der Waals surface area contributed by atoms with Crippen molar-refractivity contribution in [3.8, 4) is 0 Å². The monoisotopic (exact) mass is 484 g/mol. The van der Waals surface area contributed by atoms with E-state index in [9.17, 15) is 14.4 Å². The molecule has 2 atom stereocenters. The molecule has 0 fully saturated rings. The van der Waals surface area contributed by atoms with Gasteiger partial charge in [-0.1, -0.05) is 60.7 Å². The lowest BCUT2D eigenvalue weighted by molar-refractivity contribution is -0.147. The molecule has 190 valence electrons. The highest BCUT2D eigenvalue weighted by atomic mass is 16.6. The fraction of sp³-hybridized carbons (Fsp3) is 0.444. The van der Waals surface area contributed by atoms with E-state index in [2.05, 4.69) is 10.6 Å². The van der Waals surface area contributed by atoms with Gasteiger partial charge in [0, 0.05) is 0 Å². The van der Waals surface area contributed by atoms with Crippen molar-refractivity contribution < 1.29 is 28.6 Å². The molecule has 0 spiro atoms. The zero-order valence-electron chi connectivity index (χ0n) is 20.9. The molecule has 1 amide bonds. The van der Waals surface area contributed by atoms with Crippen molar-refractivity contribution in [2.45, 2.75) is 70.9 Å². The van der Waals surface area contributed by atoms with E-state index in [1.807, 2.05) is 60.7 Å². The summed E-state index contributed by atoms with van der Waals surface area (Å²) in [4.78, 5) is 37.5. The van der Waals surface area contributed by atoms with Gasteiger partial charge in [-0.15, -0.1) is 0 Å². The highest BCUT2D eigenvalue weighted by molar-refractivity contribution is 5.81. The molecule has 2 aromatic carbocycles. The van der Waals surface area contributed by atoms with Gasteiger partial charge in [-0.05, 0) is 58.2 Å². The average Bonchev–Trinajstić information content (AvgIpc) is 2.83. The van der Waals surface area contributed by atoms with Gasteiger partial charge >= 0.3 is 18.0 Å². The van der Waals surface area contributed by atoms with Gasteiger partial charge in [0.2, 0.25) is 0 Å². The van der Waals surface area contributed by atoms with E-state index in [-0.39, 0.29) is 25.6 Å². The van der Waals surface area contributed by atoms with Crippen LogP contribution in [-0.2, 0) is 37.0 Å². The first-order valence-corrected chi connectivity index (χ1v) is 11.8. The minimum Gasteiger partial charge on any atom is -0.460 e. The topological polar surface area (TPSA) is 103 Å². The Labute approximate surface area is 207 Å². The number of amides is 1. The molecule has 2 N–H and O–H groups in total. The molecular formula is C27H36N2O6. The third kappa shape index (κ3) is 11.1. The van der Waals surface area contributed by atoms with Crippen molar-refractivity contribution >= 4 is 18.0 Å². The molecule has 0 aliphatic rings. The molecule has 0 aromatic heterocycles. The third-order valence-electron chi connectivity index (χ3n) is 5.04.